The Labute approximate surface area is 94.7 Å². The third-order valence-corrected chi connectivity index (χ3v) is 2.78. The van der Waals surface area contributed by atoms with Crippen molar-refractivity contribution >= 4 is 17.7 Å². The van der Waals surface area contributed by atoms with Gasteiger partial charge in [-0.1, -0.05) is 0 Å². The van der Waals surface area contributed by atoms with Gasteiger partial charge in [0.05, 0.1) is 7.11 Å². The predicted octanol–water partition coefficient (Wildman–Crippen LogP) is 0.375. The first-order chi connectivity index (χ1) is 7.45. The van der Waals surface area contributed by atoms with Gasteiger partial charge in [-0.3, -0.25) is 14.4 Å². The Morgan fingerprint density at radius 1 is 1.50 bits per heavy atom. The van der Waals surface area contributed by atoms with Crippen LogP contribution < -0.4 is 0 Å². The van der Waals surface area contributed by atoms with E-state index in [-0.39, 0.29) is 36.5 Å². The summed E-state index contributed by atoms with van der Waals surface area (Å²) in [4.78, 5) is 35.8. The van der Waals surface area contributed by atoms with Crippen LogP contribution in [0.25, 0.3) is 0 Å². The number of rotatable bonds is 4. The Morgan fingerprint density at radius 2 is 2.12 bits per heavy atom. The third-order valence-electron chi connectivity index (χ3n) is 2.78. The lowest BCUT2D eigenvalue weighted by Gasteiger charge is -2.20. The van der Waals surface area contributed by atoms with E-state index in [4.69, 9.17) is 0 Å². The van der Waals surface area contributed by atoms with E-state index >= 15 is 0 Å². The van der Waals surface area contributed by atoms with E-state index < -0.39 is 5.97 Å². The Bertz CT molecular complexity index is 311. The topological polar surface area (TPSA) is 63.7 Å². The smallest absolute Gasteiger partial charge is 0.313 e. The molecule has 1 amide bonds. The molecule has 16 heavy (non-hydrogen) atoms. The number of esters is 1. The molecule has 0 radical (unpaired) electrons. The number of methoxy groups -OCH3 is 1. The van der Waals surface area contributed by atoms with Crippen LogP contribution in [0.2, 0.25) is 0 Å². The number of likely N-dealkylation sites (tertiary alicyclic amines) is 1. The van der Waals surface area contributed by atoms with E-state index in [0.29, 0.717) is 6.54 Å². The summed E-state index contributed by atoms with van der Waals surface area (Å²) in [5.41, 5.74) is 0. The second-order valence-electron chi connectivity index (χ2n) is 4.26. The molecule has 0 aromatic carbocycles. The maximum absolute atomic E-state index is 11.6. The summed E-state index contributed by atoms with van der Waals surface area (Å²) in [5.74, 6) is -1.11. The normalized spacial score (nSPS) is 20.4. The van der Waals surface area contributed by atoms with E-state index in [2.05, 4.69) is 4.74 Å². The molecule has 0 N–H and O–H groups in total. The quantitative estimate of drug-likeness (QED) is 0.514. The fourth-order valence-electron chi connectivity index (χ4n) is 1.81. The van der Waals surface area contributed by atoms with Crippen LogP contribution in [-0.2, 0) is 19.1 Å². The van der Waals surface area contributed by atoms with Gasteiger partial charge in [-0.2, -0.15) is 0 Å². The maximum Gasteiger partial charge on any atom is 0.313 e. The molecule has 1 rings (SSSR count). The first kappa shape index (κ1) is 12.7. The highest BCUT2D eigenvalue weighted by atomic mass is 16.5. The van der Waals surface area contributed by atoms with Gasteiger partial charge in [0.25, 0.3) is 0 Å². The molecule has 1 saturated heterocycles. The molecule has 1 unspecified atom stereocenters. The zero-order chi connectivity index (χ0) is 12.3. The second-order valence-corrected chi connectivity index (χ2v) is 4.26. The Morgan fingerprint density at radius 3 is 2.56 bits per heavy atom. The standard InChI is InChI=1S/C11H17NO4/c1-7(2)12-6-8(4-10(12)14)9(13)5-11(15)16-3/h7-8H,4-6H2,1-3H3. The lowest BCUT2D eigenvalue weighted by molar-refractivity contribution is -0.144. The van der Waals surface area contributed by atoms with Crippen LogP contribution in [-0.4, -0.2) is 42.3 Å². The van der Waals surface area contributed by atoms with Gasteiger partial charge in [0.2, 0.25) is 5.91 Å². The van der Waals surface area contributed by atoms with Crippen LogP contribution in [0, 0.1) is 5.92 Å². The van der Waals surface area contributed by atoms with Crippen LogP contribution in [0.3, 0.4) is 0 Å². The van der Waals surface area contributed by atoms with Crippen molar-refractivity contribution in [1.29, 1.82) is 0 Å². The molecular formula is C11H17NO4. The lowest BCUT2D eigenvalue weighted by atomic mass is 10.0. The van der Waals surface area contributed by atoms with E-state index in [1.54, 1.807) is 4.90 Å². The molecule has 1 fully saturated rings. The number of Topliss-reactive ketones (excluding diaryl/α,β-unsaturated/α-hetero) is 1. The minimum Gasteiger partial charge on any atom is -0.469 e. The monoisotopic (exact) mass is 227 g/mol. The summed E-state index contributed by atoms with van der Waals surface area (Å²) in [5, 5.41) is 0. The number of hydrogen-bond donors (Lipinski definition) is 0. The first-order valence-electron chi connectivity index (χ1n) is 5.34. The molecule has 0 saturated carbocycles. The SMILES string of the molecule is COC(=O)CC(=O)C1CC(=O)N(C(C)C)C1. The molecule has 5 heteroatoms. The number of hydrogen-bond acceptors (Lipinski definition) is 4. The average molecular weight is 227 g/mol. The molecule has 0 bridgehead atoms. The van der Waals surface area contributed by atoms with E-state index in [9.17, 15) is 14.4 Å². The lowest BCUT2D eigenvalue weighted by Crippen LogP contribution is -2.33. The summed E-state index contributed by atoms with van der Waals surface area (Å²) in [6.07, 6.45) is -0.0195. The molecule has 1 aliphatic rings. The Kier molecular flexibility index (Phi) is 4.04. The summed E-state index contributed by atoms with van der Waals surface area (Å²) < 4.78 is 4.42. The summed E-state index contributed by atoms with van der Waals surface area (Å²) in [7, 11) is 1.25. The molecule has 1 heterocycles. The molecule has 0 aromatic rings. The van der Waals surface area contributed by atoms with Crippen molar-refractivity contribution in [3.63, 3.8) is 0 Å². The largest absolute Gasteiger partial charge is 0.469 e. The molecule has 0 aliphatic carbocycles. The first-order valence-corrected chi connectivity index (χ1v) is 5.34. The molecule has 0 spiro atoms. The van der Waals surface area contributed by atoms with Crippen molar-refractivity contribution in [1.82, 2.24) is 4.90 Å². The van der Waals surface area contributed by atoms with Gasteiger partial charge in [0, 0.05) is 24.9 Å². The van der Waals surface area contributed by atoms with Crippen LogP contribution in [0.4, 0.5) is 0 Å². The zero-order valence-corrected chi connectivity index (χ0v) is 9.86. The molecular weight excluding hydrogens is 210 g/mol. The maximum atomic E-state index is 11.6. The van der Waals surface area contributed by atoms with Gasteiger partial charge in [-0.15, -0.1) is 0 Å². The van der Waals surface area contributed by atoms with E-state index in [1.807, 2.05) is 13.8 Å². The van der Waals surface area contributed by atoms with Crippen molar-refractivity contribution in [3.8, 4) is 0 Å². The fraction of sp³-hybridized carbons (Fsp3) is 0.727. The minimum absolute atomic E-state index is 0.0155. The van der Waals surface area contributed by atoms with Gasteiger partial charge < -0.3 is 9.64 Å². The van der Waals surface area contributed by atoms with Crippen molar-refractivity contribution in [2.24, 2.45) is 5.92 Å². The third kappa shape index (κ3) is 2.81. The molecule has 5 nitrogen and oxygen atoms in total. The predicted molar refractivity (Wildman–Crippen MR) is 56.6 cm³/mol. The van der Waals surface area contributed by atoms with Crippen LogP contribution in [0.15, 0.2) is 0 Å². The second kappa shape index (κ2) is 5.09. The van der Waals surface area contributed by atoms with Crippen LogP contribution in [0.5, 0.6) is 0 Å². The number of ketones is 1. The Balaban J connectivity index is 2.55. The van der Waals surface area contributed by atoms with Gasteiger partial charge in [0.1, 0.15) is 12.2 Å². The number of ether oxygens (including phenoxy) is 1. The number of carbonyl (C=O) groups excluding carboxylic acids is 3. The van der Waals surface area contributed by atoms with E-state index in [1.165, 1.54) is 7.11 Å². The average Bonchev–Trinajstić information content (AvgIpc) is 2.60. The van der Waals surface area contributed by atoms with Gasteiger partial charge in [-0.05, 0) is 13.8 Å². The molecule has 0 aromatic heterocycles. The highest BCUT2D eigenvalue weighted by molar-refractivity contribution is 5.99. The van der Waals surface area contributed by atoms with Crippen molar-refractivity contribution in [3.05, 3.63) is 0 Å². The summed E-state index contributed by atoms with van der Waals surface area (Å²) in [6, 6.07) is 0.100. The highest BCUT2D eigenvalue weighted by Gasteiger charge is 2.35. The molecule has 90 valence electrons. The van der Waals surface area contributed by atoms with Gasteiger partial charge in [-0.25, -0.2) is 0 Å². The Hall–Kier alpha value is -1.39. The number of carbonyl (C=O) groups is 3. The van der Waals surface area contributed by atoms with Gasteiger partial charge in [0.15, 0.2) is 0 Å². The van der Waals surface area contributed by atoms with Gasteiger partial charge >= 0.3 is 5.97 Å². The van der Waals surface area contributed by atoms with Crippen molar-refractivity contribution < 1.29 is 19.1 Å². The molecule has 1 aliphatic heterocycles. The van der Waals surface area contributed by atoms with Crippen LogP contribution in [0.1, 0.15) is 26.7 Å². The summed E-state index contributed by atoms with van der Waals surface area (Å²) >= 11 is 0. The van der Waals surface area contributed by atoms with Crippen molar-refractivity contribution in [2.75, 3.05) is 13.7 Å². The highest BCUT2D eigenvalue weighted by Crippen LogP contribution is 2.21. The minimum atomic E-state index is -0.541. The fourth-order valence-corrected chi connectivity index (χ4v) is 1.81. The van der Waals surface area contributed by atoms with E-state index in [0.717, 1.165) is 0 Å². The zero-order valence-electron chi connectivity index (χ0n) is 9.86. The number of amides is 1. The number of nitrogens with zero attached hydrogens (tertiary/aromatic N) is 1. The molecule has 1 atom stereocenters. The van der Waals surface area contributed by atoms with Crippen LogP contribution >= 0.6 is 0 Å². The van der Waals surface area contributed by atoms with Crippen molar-refractivity contribution in [2.45, 2.75) is 32.7 Å². The summed E-state index contributed by atoms with van der Waals surface area (Å²) in [6.45, 7) is 4.24.